The molecule has 0 spiro atoms. The maximum Gasteiger partial charge on any atom is 0.492 e. The van der Waals surface area contributed by atoms with Crippen molar-refractivity contribution in [2.24, 2.45) is 34.0 Å². The lowest BCUT2D eigenvalue weighted by molar-refractivity contribution is -0.207. The van der Waals surface area contributed by atoms with Gasteiger partial charge >= 0.3 is 13.1 Å². The molecule has 5 rings (SSSR count). The minimum Gasteiger partial charge on any atom is -0.482 e. The van der Waals surface area contributed by atoms with Crippen LogP contribution >= 0.6 is 0 Å². The number of Topliss-reactive ketones (excluding diaryl/α,β-unsaturated/α-hetero) is 1. The number of aliphatic hydroxyl groups is 1. The number of ketones is 1. The number of hydrogen-bond acceptors (Lipinski definition) is 7. The molecule has 0 unspecified atom stereocenters. The minimum absolute atomic E-state index is 0.0760. The molecule has 1 aliphatic heterocycles. The van der Waals surface area contributed by atoms with Crippen molar-refractivity contribution in [1.29, 1.82) is 0 Å². The summed E-state index contributed by atoms with van der Waals surface area (Å²) < 4.78 is 17.7. The molecule has 0 saturated heterocycles. The zero-order chi connectivity index (χ0) is 28.5. The van der Waals surface area contributed by atoms with Gasteiger partial charge in [-0.3, -0.25) is 4.79 Å². The van der Waals surface area contributed by atoms with E-state index in [2.05, 4.69) is 27.4 Å². The molecule has 4 aliphatic rings. The van der Waals surface area contributed by atoms with Crippen LogP contribution in [-0.4, -0.2) is 47.8 Å². The second-order valence-corrected chi connectivity index (χ2v) is 13.6. The second-order valence-electron chi connectivity index (χ2n) is 13.6. The van der Waals surface area contributed by atoms with E-state index < -0.39 is 41.7 Å². The summed E-state index contributed by atoms with van der Waals surface area (Å²) in [5.41, 5.74) is -0.680. The molecule has 8 atom stereocenters. The third-order valence-electron chi connectivity index (χ3n) is 11.3. The van der Waals surface area contributed by atoms with Gasteiger partial charge in [-0.05, 0) is 79.9 Å². The Labute approximate surface area is 232 Å². The van der Waals surface area contributed by atoms with Gasteiger partial charge in [-0.2, -0.15) is 0 Å². The average Bonchev–Trinajstić information content (AvgIpc) is 3.36. The standard InChI is InChI=1S/C31H43BO7/c1-8-29(6)16-24(30(7)18(2)11-13-31(19(3)27(29)35)14-12-23(33)26(30)31)38-25(34)17-37-20-9-10-21-22(15-20)32(36)39-28(21,4)5/h8-10,15,18-19,24,26-27,35-36H,1,11-14,16-17H2,2-7H3/t18-,19+,24-,26+,27+,29-,30+,31+/m1/s1. The predicted molar refractivity (Wildman–Crippen MR) is 148 cm³/mol. The van der Waals surface area contributed by atoms with E-state index in [0.717, 1.165) is 24.8 Å². The fourth-order valence-electron chi connectivity index (χ4n) is 8.63. The summed E-state index contributed by atoms with van der Waals surface area (Å²) in [4.78, 5) is 26.8. The number of rotatable bonds is 5. The Bertz CT molecular complexity index is 1180. The highest BCUT2D eigenvalue weighted by molar-refractivity contribution is 6.62. The van der Waals surface area contributed by atoms with E-state index in [0.29, 0.717) is 24.1 Å². The van der Waals surface area contributed by atoms with Crippen molar-refractivity contribution >= 4 is 24.3 Å². The van der Waals surface area contributed by atoms with Crippen molar-refractivity contribution in [2.75, 3.05) is 6.61 Å². The minimum atomic E-state index is -1.05. The number of carbonyl (C=O) groups is 2. The quantitative estimate of drug-likeness (QED) is 0.333. The first-order valence-corrected chi connectivity index (χ1v) is 14.4. The molecule has 1 aromatic rings. The fourth-order valence-corrected chi connectivity index (χ4v) is 8.63. The summed E-state index contributed by atoms with van der Waals surface area (Å²) in [6.45, 7) is 15.9. The van der Waals surface area contributed by atoms with Crippen LogP contribution in [-0.2, 0) is 24.6 Å². The van der Waals surface area contributed by atoms with Gasteiger partial charge in [0.25, 0.3) is 0 Å². The molecule has 0 amide bonds. The summed E-state index contributed by atoms with van der Waals surface area (Å²) in [7, 11) is -1.05. The van der Waals surface area contributed by atoms with Gasteiger partial charge in [0.05, 0.1) is 11.7 Å². The number of hydrogen-bond donors (Lipinski definition) is 2. The third-order valence-corrected chi connectivity index (χ3v) is 11.3. The predicted octanol–water partition coefficient (Wildman–Crippen LogP) is 3.92. The molecule has 3 saturated carbocycles. The van der Waals surface area contributed by atoms with Crippen LogP contribution in [0.3, 0.4) is 0 Å². The highest BCUT2D eigenvalue weighted by Crippen LogP contribution is 2.68. The normalized spacial score (nSPS) is 40.8. The highest BCUT2D eigenvalue weighted by atomic mass is 16.6. The molecule has 0 radical (unpaired) electrons. The fraction of sp³-hybridized carbons (Fsp3) is 0.677. The largest absolute Gasteiger partial charge is 0.492 e. The first-order chi connectivity index (χ1) is 18.2. The molecular formula is C31H43BO7. The van der Waals surface area contributed by atoms with Crippen molar-refractivity contribution in [3.05, 3.63) is 36.4 Å². The average molecular weight is 538 g/mol. The molecule has 1 aromatic carbocycles. The molecule has 3 fully saturated rings. The van der Waals surface area contributed by atoms with E-state index in [4.69, 9.17) is 14.1 Å². The van der Waals surface area contributed by atoms with Gasteiger partial charge in [-0.15, -0.1) is 6.58 Å². The Morgan fingerprint density at radius 1 is 1.23 bits per heavy atom. The van der Waals surface area contributed by atoms with Gasteiger partial charge in [0, 0.05) is 23.2 Å². The van der Waals surface area contributed by atoms with Crippen LogP contribution in [0.5, 0.6) is 5.75 Å². The van der Waals surface area contributed by atoms with Crippen molar-refractivity contribution in [3.63, 3.8) is 0 Å². The summed E-state index contributed by atoms with van der Waals surface area (Å²) in [5.74, 6) is -0.0480. The Balaban J connectivity index is 1.42. The van der Waals surface area contributed by atoms with Gasteiger partial charge in [0.15, 0.2) is 6.61 Å². The van der Waals surface area contributed by atoms with Crippen molar-refractivity contribution in [3.8, 4) is 5.75 Å². The highest BCUT2D eigenvalue weighted by Gasteiger charge is 2.68. The lowest BCUT2D eigenvalue weighted by Crippen LogP contribution is -2.63. The first-order valence-electron chi connectivity index (χ1n) is 14.4. The van der Waals surface area contributed by atoms with Crippen LogP contribution in [0.1, 0.15) is 79.2 Å². The number of fused-ring (bicyclic) bond motifs is 1. The van der Waals surface area contributed by atoms with E-state index in [-0.39, 0.29) is 35.6 Å². The van der Waals surface area contributed by atoms with E-state index in [1.165, 1.54) is 0 Å². The lowest BCUT2D eigenvalue weighted by atomic mass is 9.44. The molecule has 8 heteroatoms. The molecule has 1 heterocycles. The van der Waals surface area contributed by atoms with Crippen LogP contribution < -0.4 is 10.2 Å². The number of benzene rings is 1. The molecule has 2 N–H and O–H groups in total. The number of carbonyl (C=O) groups excluding carboxylic acids is 2. The van der Waals surface area contributed by atoms with Crippen molar-refractivity contribution in [2.45, 2.75) is 91.5 Å². The van der Waals surface area contributed by atoms with Crippen LogP contribution in [0.2, 0.25) is 0 Å². The van der Waals surface area contributed by atoms with E-state index >= 15 is 0 Å². The second kappa shape index (κ2) is 9.46. The number of ether oxygens (including phenoxy) is 2. The SMILES string of the molecule is C=C[C@]1(C)C[C@@H](OC(=O)COc2ccc3c(c2)B(O)OC3(C)C)[C@]2(C)[C@H](C)CC[C@]3(CCC(=O)[C@H]32)[C@@H](C)[C@@H]1O. The maximum atomic E-state index is 13.5. The van der Waals surface area contributed by atoms with Gasteiger partial charge in [0.1, 0.15) is 17.6 Å². The number of aliphatic hydroxyl groups excluding tert-OH is 1. The monoisotopic (exact) mass is 538 g/mol. The topological polar surface area (TPSA) is 102 Å². The van der Waals surface area contributed by atoms with Crippen molar-refractivity contribution < 1.29 is 33.8 Å². The number of esters is 1. The molecule has 7 nitrogen and oxygen atoms in total. The van der Waals surface area contributed by atoms with E-state index in [1.54, 1.807) is 18.2 Å². The maximum absolute atomic E-state index is 13.5. The zero-order valence-electron chi connectivity index (χ0n) is 24.2. The molecule has 39 heavy (non-hydrogen) atoms. The van der Waals surface area contributed by atoms with E-state index in [1.807, 2.05) is 26.8 Å². The van der Waals surface area contributed by atoms with Gasteiger partial charge in [-0.1, -0.05) is 39.8 Å². The smallest absolute Gasteiger partial charge is 0.482 e. The van der Waals surface area contributed by atoms with Crippen LogP contribution in [0, 0.1) is 34.0 Å². The van der Waals surface area contributed by atoms with Gasteiger partial charge in [0.2, 0.25) is 0 Å². The molecule has 3 aliphatic carbocycles. The summed E-state index contributed by atoms with van der Waals surface area (Å²) in [6, 6.07) is 5.29. The lowest BCUT2D eigenvalue weighted by Gasteiger charge is -2.61. The summed E-state index contributed by atoms with van der Waals surface area (Å²) >= 11 is 0. The molecule has 2 bridgehead atoms. The van der Waals surface area contributed by atoms with E-state index in [9.17, 15) is 19.7 Å². The zero-order valence-corrected chi connectivity index (χ0v) is 24.2. The van der Waals surface area contributed by atoms with Crippen LogP contribution in [0.4, 0.5) is 0 Å². The van der Waals surface area contributed by atoms with Crippen LogP contribution in [0.15, 0.2) is 30.9 Å². The van der Waals surface area contributed by atoms with Crippen LogP contribution in [0.25, 0.3) is 0 Å². The molecular weight excluding hydrogens is 495 g/mol. The van der Waals surface area contributed by atoms with Gasteiger partial charge < -0.3 is 24.3 Å². The molecule has 0 aromatic heterocycles. The van der Waals surface area contributed by atoms with Crippen molar-refractivity contribution in [1.82, 2.24) is 0 Å². The molecule has 212 valence electrons. The summed E-state index contributed by atoms with van der Waals surface area (Å²) in [5, 5.41) is 22.0. The summed E-state index contributed by atoms with van der Waals surface area (Å²) in [6.07, 6.45) is 3.96. The first kappa shape index (κ1) is 28.4. The Kier molecular flexibility index (Phi) is 6.88. The van der Waals surface area contributed by atoms with Gasteiger partial charge in [-0.25, -0.2) is 4.79 Å². The Morgan fingerprint density at radius 3 is 2.64 bits per heavy atom. The Morgan fingerprint density at radius 2 is 1.95 bits per heavy atom. The Hall–Kier alpha value is -2.16. The third kappa shape index (κ3) is 4.20.